The van der Waals surface area contributed by atoms with Gasteiger partial charge in [-0.1, -0.05) is 42.0 Å². The molecule has 0 spiro atoms. The second kappa shape index (κ2) is 6.80. The molecule has 101 valence electrons. The van der Waals surface area contributed by atoms with E-state index in [1.807, 2.05) is 37.3 Å². The van der Waals surface area contributed by atoms with Crippen molar-refractivity contribution >= 4 is 11.9 Å². The van der Waals surface area contributed by atoms with Crippen molar-refractivity contribution < 1.29 is 9.18 Å². The second-order valence-electron chi connectivity index (χ2n) is 4.68. The van der Waals surface area contributed by atoms with E-state index in [2.05, 4.69) is 6.08 Å². The third-order valence-electron chi connectivity index (χ3n) is 2.95. The van der Waals surface area contributed by atoms with Crippen LogP contribution in [0.4, 0.5) is 4.39 Å². The van der Waals surface area contributed by atoms with Crippen molar-refractivity contribution in [3.63, 3.8) is 0 Å². The van der Waals surface area contributed by atoms with Gasteiger partial charge in [-0.05, 0) is 43.2 Å². The van der Waals surface area contributed by atoms with E-state index in [9.17, 15) is 9.18 Å². The van der Waals surface area contributed by atoms with Crippen LogP contribution in [0, 0.1) is 12.2 Å². The van der Waals surface area contributed by atoms with E-state index in [4.69, 9.17) is 0 Å². The number of allylic oxidation sites excluding steroid dienone is 1. The minimum absolute atomic E-state index is 0.0780. The average Bonchev–Trinajstić information content (AvgIpc) is 2.46. The van der Waals surface area contributed by atoms with Crippen LogP contribution in [0.2, 0.25) is 0 Å². The van der Waals surface area contributed by atoms with Gasteiger partial charge in [0.1, 0.15) is 5.82 Å². The predicted octanol–water partition coefficient (Wildman–Crippen LogP) is 4.71. The number of Topliss-reactive ketones (excluding diaryl/α,β-unsaturated/α-hetero) is 1. The summed E-state index contributed by atoms with van der Waals surface area (Å²) in [5.41, 5.74) is 2.73. The number of hydrogen-bond acceptors (Lipinski definition) is 1. The lowest BCUT2D eigenvalue weighted by atomic mass is 10.0. The van der Waals surface area contributed by atoms with Crippen LogP contribution in [0.25, 0.3) is 6.08 Å². The van der Waals surface area contributed by atoms with Crippen LogP contribution in [0.5, 0.6) is 0 Å². The van der Waals surface area contributed by atoms with E-state index in [1.54, 1.807) is 6.42 Å². The topological polar surface area (TPSA) is 17.1 Å². The van der Waals surface area contributed by atoms with Crippen LogP contribution in [0.1, 0.15) is 29.3 Å². The summed E-state index contributed by atoms with van der Waals surface area (Å²) in [6, 6.07) is 15.6. The molecule has 0 aliphatic rings. The molecule has 0 aromatic heterocycles. The van der Waals surface area contributed by atoms with Gasteiger partial charge in [-0.25, -0.2) is 4.39 Å². The Morgan fingerprint density at radius 2 is 1.70 bits per heavy atom. The van der Waals surface area contributed by atoms with Crippen molar-refractivity contribution in [2.45, 2.75) is 13.3 Å². The molecule has 1 nitrogen and oxygen atoms in total. The summed E-state index contributed by atoms with van der Waals surface area (Å²) in [5.74, 6) is -0.410. The molecule has 0 amide bonds. The summed E-state index contributed by atoms with van der Waals surface area (Å²) in [6.07, 6.45) is 4.27. The summed E-state index contributed by atoms with van der Waals surface area (Å²) in [7, 11) is 0. The summed E-state index contributed by atoms with van der Waals surface area (Å²) in [5, 5.41) is 0. The summed E-state index contributed by atoms with van der Waals surface area (Å²) in [4.78, 5) is 11.9. The van der Waals surface area contributed by atoms with E-state index in [0.717, 1.165) is 11.1 Å². The van der Waals surface area contributed by atoms with Gasteiger partial charge in [-0.2, -0.15) is 0 Å². The maximum atomic E-state index is 12.8. The highest BCUT2D eigenvalue weighted by atomic mass is 19.1. The molecule has 20 heavy (non-hydrogen) atoms. The molecule has 0 unspecified atom stereocenters. The Labute approximate surface area is 118 Å². The molecule has 2 aromatic carbocycles. The fourth-order valence-electron chi connectivity index (χ4n) is 1.88. The van der Waals surface area contributed by atoms with Crippen molar-refractivity contribution in [2.24, 2.45) is 0 Å². The monoisotopic (exact) mass is 267 g/mol. The molecule has 0 aliphatic carbocycles. The SMILES string of the molecule is C/C(=C\c1ccccc1)C[CH]C(=O)c1ccc(F)cc1. The van der Waals surface area contributed by atoms with Crippen molar-refractivity contribution in [3.05, 3.63) is 83.5 Å². The lowest BCUT2D eigenvalue weighted by molar-refractivity contribution is 0.102. The number of benzene rings is 2. The molecule has 0 fully saturated rings. The largest absolute Gasteiger partial charge is 0.294 e. The first-order valence-corrected chi connectivity index (χ1v) is 6.50. The van der Waals surface area contributed by atoms with E-state index in [0.29, 0.717) is 12.0 Å². The van der Waals surface area contributed by atoms with Crippen molar-refractivity contribution in [2.75, 3.05) is 0 Å². The number of hydrogen-bond donors (Lipinski definition) is 0. The fourth-order valence-corrected chi connectivity index (χ4v) is 1.88. The Morgan fingerprint density at radius 3 is 2.35 bits per heavy atom. The van der Waals surface area contributed by atoms with Crippen LogP contribution in [0.15, 0.2) is 60.2 Å². The number of rotatable bonds is 5. The smallest absolute Gasteiger partial charge is 0.167 e. The first-order chi connectivity index (χ1) is 9.65. The molecule has 2 heteroatoms. The summed E-state index contributed by atoms with van der Waals surface area (Å²) in [6.45, 7) is 1.99. The van der Waals surface area contributed by atoms with E-state index >= 15 is 0 Å². The van der Waals surface area contributed by atoms with E-state index < -0.39 is 0 Å². The number of ketones is 1. The maximum absolute atomic E-state index is 12.8. The van der Waals surface area contributed by atoms with Gasteiger partial charge in [0.05, 0.1) is 0 Å². The molecule has 0 saturated heterocycles. The Bertz CT molecular complexity index is 597. The molecule has 0 heterocycles. The second-order valence-corrected chi connectivity index (χ2v) is 4.68. The Morgan fingerprint density at radius 1 is 1.05 bits per heavy atom. The minimum atomic E-state index is -0.332. The molecule has 2 aromatic rings. The van der Waals surface area contributed by atoms with Gasteiger partial charge < -0.3 is 0 Å². The fraction of sp³-hybridized carbons (Fsp3) is 0.111. The molecule has 0 N–H and O–H groups in total. The number of halogens is 1. The van der Waals surface area contributed by atoms with Crippen molar-refractivity contribution in [1.82, 2.24) is 0 Å². The predicted molar refractivity (Wildman–Crippen MR) is 79.7 cm³/mol. The van der Waals surface area contributed by atoms with Gasteiger partial charge in [0, 0.05) is 12.0 Å². The first kappa shape index (κ1) is 14.2. The van der Waals surface area contributed by atoms with Gasteiger partial charge in [-0.3, -0.25) is 4.79 Å². The molecule has 0 saturated carbocycles. The van der Waals surface area contributed by atoms with Gasteiger partial charge in [0.15, 0.2) is 5.78 Å². The molecule has 0 bridgehead atoms. The van der Waals surface area contributed by atoms with Crippen LogP contribution in [0.3, 0.4) is 0 Å². The summed E-state index contributed by atoms with van der Waals surface area (Å²) < 4.78 is 12.8. The van der Waals surface area contributed by atoms with E-state index in [-0.39, 0.29) is 11.6 Å². The van der Waals surface area contributed by atoms with Crippen LogP contribution in [-0.4, -0.2) is 5.78 Å². The Hall–Kier alpha value is -2.22. The highest BCUT2D eigenvalue weighted by molar-refractivity contribution is 6.02. The third-order valence-corrected chi connectivity index (χ3v) is 2.95. The van der Waals surface area contributed by atoms with Gasteiger partial charge in [-0.15, -0.1) is 0 Å². The number of carbonyl (C=O) groups is 1. The highest BCUT2D eigenvalue weighted by Crippen LogP contribution is 2.13. The zero-order valence-electron chi connectivity index (χ0n) is 11.3. The Balaban J connectivity index is 1.93. The Kier molecular flexibility index (Phi) is 4.83. The third kappa shape index (κ3) is 4.16. The first-order valence-electron chi connectivity index (χ1n) is 6.50. The zero-order chi connectivity index (χ0) is 14.4. The minimum Gasteiger partial charge on any atom is -0.294 e. The van der Waals surface area contributed by atoms with Gasteiger partial charge in [0.2, 0.25) is 0 Å². The molecular weight excluding hydrogens is 251 g/mol. The van der Waals surface area contributed by atoms with Crippen LogP contribution in [-0.2, 0) is 0 Å². The molecule has 0 aliphatic heterocycles. The maximum Gasteiger partial charge on any atom is 0.167 e. The molecule has 0 atom stereocenters. The molecule has 1 radical (unpaired) electrons. The van der Waals surface area contributed by atoms with Gasteiger partial charge >= 0.3 is 0 Å². The normalized spacial score (nSPS) is 11.4. The van der Waals surface area contributed by atoms with Crippen molar-refractivity contribution in [3.8, 4) is 0 Å². The van der Waals surface area contributed by atoms with Crippen LogP contribution < -0.4 is 0 Å². The zero-order valence-corrected chi connectivity index (χ0v) is 11.3. The lowest BCUT2D eigenvalue weighted by Crippen LogP contribution is -2.00. The number of carbonyl (C=O) groups excluding carboxylic acids is 1. The molecular formula is C18H16FO. The average molecular weight is 267 g/mol. The summed E-state index contributed by atoms with van der Waals surface area (Å²) >= 11 is 0. The van der Waals surface area contributed by atoms with Crippen LogP contribution >= 0.6 is 0 Å². The lowest BCUT2D eigenvalue weighted by Gasteiger charge is -2.02. The van der Waals surface area contributed by atoms with Gasteiger partial charge in [0.25, 0.3) is 0 Å². The molecule has 2 rings (SSSR count). The highest BCUT2D eigenvalue weighted by Gasteiger charge is 2.06. The van der Waals surface area contributed by atoms with E-state index in [1.165, 1.54) is 24.3 Å². The quantitative estimate of drug-likeness (QED) is 0.717. The van der Waals surface area contributed by atoms with Crippen molar-refractivity contribution in [1.29, 1.82) is 0 Å². The standard InChI is InChI=1S/C18H16FO/c1-14(13-15-5-3-2-4-6-15)7-12-18(20)16-8-10-17(19)11-9-16/h2-6,8-13H,7H2,1H3/b14-13+.